The second kappa shape index (κ2) is 7.65. The summed E-state index contributed by atoms with van der Waals surface area (Å²) in [4.78, 5) is 25.0. The first kappa shape index (κ1) is 16.2. The summed E-state index contributed by atoms with van der Waals surface area (Å²) in [5.74, 6) is -1.06. The Morgan fingerprint density at radius 3 is 2.45 bits per heavy atom. The Hall–Kier alpha value is -1.88. The molecule has 0 aliphatic heterocycles. The molecule has 0 saturated carbocycles. The van der Waals surface area contributed by atoms with Gasteiger partial charge in [-0.2, -0.15) is 0 Å². The molecule has 1 rings (SSSR count). The minimum Gasteiger partial charge on any atom is -0.451 e. The maximum absolute atomic E-state index is 12.1. The molecular formula is C15H21NO4. The molecule has 2 atom stereocenters. The van der Waals surface area contributed by atoms with E-state index in [9.17, 15) is 14.7 Å². The summed E-state index contributed by atoms with van der Waals surface area (Å²) in [6.45, 7) is 3.61. The van der Waals surface area contributed by atoms with E-state index in [2.05, 4.69) is 0 Å². The molecule has 0 aliphatic rings. The zero-order valence-electron chi connectivity index (χ0n) is 12.1. The van der Waals surface area contributed by atoms with Crippen molar-refractivity contribution in [3.05, 3.63) is 35.9 Å². The van der Waals surface area contributed by atoms with Crippen LogP contribution in [0, 0.1) is 0 Å². The zero-order valence-corrected chi connectivity index (χ0v) is 12.1. The van der Waals surface area contributed by atoms with Crippen LogP contribution >= 0.6 is 0 Å². The van der Waals surface area contributed by atoms with Gasteiger partial charge in [0, 0.05) is 13.6 Å². The average Bonchev–Trinajstić information content (AvgIpc) is 2.46. The molecule has 5 nitrogen and oxygen atoms in total. The monoisotopic (exact) mass is 279 g/mol. The van der Waals surface area contributed by atoms with Crippen LogP contribution in [-0.4, -0.2) is 41.1 Å². The lowest BCUT2D eigenvalue weighted by Crippen LogP contribution is -2.38. The molecule has 0 aromatic heterocycles. The maximum Gasteiger partial charge on any atom is 0.335 e. The number of ether oxygens (including phenoxy) is 1. The first-order chi connectivity index (χ1) is 9.45. The van der Waals surface area contributed by atoms with Crippen molar-refractivity contribution in [1.82, 2.24) is 4.90 Å². The molecule has 0 fully saturated rings. The van der Waals surface area contributed by atoms with Gasteiger partial charge in [-0.1, -0.05) is 37.3 Å². The van der Waals surface area contributed by atoms with Gasteiger partial charge in [-0.3, -0.25) is 4.79 Å². The van der Waals surface area contributed by atoms with Crippen molar-refractivity contribution in [2.45, 2.75) is 39.0 Å². The summed E-state index contributed by atoms with van der Waals surface area (Å²) < 4.78 is 4.94. The number of likely N-dealkylation sites (N-methyl/N-ethyl adjacent to an activating group) is 1. The smallest absolute Gasteiger partial charge is 0.335 e. The number of carbonyl (C=O) groups is 2. The van der Waals surface area contributed by atoms with E-state index in [1.54, 1.807) is 14.0 Å². The number of benzene rings is 1. The van der Waals surface area contributed by atoms with Gasteiger partial charge in [-0.05, 0) is 18.9 Å². The molecule has 5 heteroatoms. The van der Waals surface area contributed by atoms with E-state index in [0.717, 1.165) is 5.56 Å². The second-order valence-corrected chi connectivity index (χ2v) is 4.68. The molecule has 20 heavy (non-hydrogen) atoms. The highest BCUT2D eigenvalue weighted by Gasteiger charge is 2.24. The molecule has 110 valence electrons. The fourth-order valence-electron chi connectivity index (χ4n) is 1.72. The number of esters is 1. The largest absolute Gasteiger partial charge is 0.451 e. The molecule has 0 saturated heterocycles. The Morgan fingerprint density at radius 2 is 1.90 bits per heavy atom. The predicted octanol–water partition coefficient (Wildman–Crippen LogP) is 1.35. The van der Waals surface area contributed by atoms with E-state index < -0.39 is 18.2 Å². The lowest BCUT2D eigenvalue weighted by molar-refractivity contribution is -0.165. The summed E-state index contributed by atoms with van der Waals surface area (Å²) in [5.41, 5.74) is 0.996. The van der Waals surface area contributed by atoms with Crippen molar-refractivity contribution in [3.8, 4) is 0 Å². The number of carbonyl (C=O) groups excluding carboxylic acids is 2. The Kier molecular flexibility index (Phi) is 6.18. The van der Waals surface area contributed by atoms with Crippen LogP contribution in [0.3, 0.4) is 0 Å². The van der Waals surface area contributed by atoms with Crippen LogP contribution in [0.15, 0.2) is 30.3 Å². The number of aliphatic hydroxyl groups excluding tert-OH is 1. The van der Waals surface area contributed by atoms with Gasteiger partial charge in [-0.15, -0.1) is 0 Å². The van der Waals surface area contributed by atoms with Gasteiger partial charge in [0.1, 0.15) is 0 Å². The molecule has 0 heterocycles. The number of hydrogen-bond acceptors (Lipinski definition) is 4. The normalized spacial score (nSPS) is 13.4. The van der Waals surface area contributed by atoms with Crippen LogP contribution in [-0.2, 0) is 20.9 Å². The van der Waals surface area contributed by atoms with Crippen LogP contribution in [0.2, 0.25) is 0 Å². The van der Waals surface area contributed by atoms with Crippen LogP contribution < -0.4 is 0 Å². The molecule has 0 unspecified atom stereocenters. The zero-order chi connectivity index (χ0) is 15.1. The van der Waals surface area contributed by atoms with E-state index in [-0.39, 0.29) is 12.3 Å². The van der Waals surface area contributed by atoms with Crippen molar-refractivity contribution in [3.63, 3.8) is 0 Å². The fraction of sp³-hybridized carbons (Fsp3) is 0.467. The van der Waals surface area contributed by atoms with Gasteiger partial charge in [0.15, 0.2) is 12.2 Å². The Labute approximate surface area is 119 Å². The number of nitrogens with zero attached hydrogens (tertiary/aromatic N) is 1. The maximum atomic E-state index is 12.1. The summed E-state index contributed by atoms with van der Waals surface area (Å²) >= 11 is 0. The van der Waals surface area contributed by atoms with Gasteiger partial charge in [-0.25, -0.2) is 4.79 Å². The van der Waals surface area contributed by atoms with Gasteiger partial charge in [0.2, 0.25) is 0 Å². The topological polar surface area (TPSA) is 66.8 Å². The number of aliphatic hydroxyl groups is 1. The van der Waals surface area contributed by atoms with Crippen molar-refractivity contribution in [2.24, 2.45) is 0 Å². The molecule has 0 bridgehead atoms. The molecule has 0 aliphatic carbocycles. The van der Waals surface area contributed by atoms with E-state index >= 15 is 0 Å². The summed E-state index contributed by atoms with van der Waals surface area (Å²) in [6, 6.07) is 9.54. The average molecular weight is 279 g/mol. The molecule has 0 spiro atoms. The summed E-state index contributed by atoms with van der Waals surface area (Å²) in [7, 11) is 1.65. The standard InChI is InChI=1S/C15H21NO4/c1-4-13(17)15(19)20-11(2)14(18)16(3)10-12-8-6-5-7-9-12/h5-9,11,13,17H,4,10H2,1-3H3/t11-,13-/m0/s1. The van der Waals surface area contributed by atoms with Gasteiger partial charge in [0.05, 0.1) is 0 Å². The molecule has 0 radical (unpaired) electrons. The highest BCUT2D eigenvalue weighted by molar-refractivity contribution is 5.84. The Bertz CT molecular complexity index is 446. The van der Waals surface area contributed by atoms with E-state index in [0.29, 0.717) is 6.54 Å². The minimum atomic E-state index is -1.18. The van der Waals surface area contributed by atoms with Crippen LogP contribution in [0.25, 0.3) is 0 Å². The molecule has 1 aromatic rings. The lowest BCUT2D eigenvalue weighted by Gasteiger charge is -2.22. The Morgan fingerprint density at radius 1 is 1.30 bits per heavy atom. The third kappa shape index (κ3) is 4.66. The first-order valence-electron chi connectivity index (χ1n) is 6.63. The van der Waals surface area contributed by atoms with Crippen molar-refractivity contribution in [2.75, 3.05) is 7.05 Å². The predicted molar refractivity (Wildman–Crippen MR) is 74.8 cm³/mol. The number of rotatable bonds is 6. The lowest BCUT2D eigenvalue weighted by atomic mass is 10.2. The molecule has 1 N–H and O–H groups in total. The number of hydrogen-bond donors (Lipinski definition) is 1. The molecule has 1 aromatic carbocycles. The van der Waals surface area contributed by atoms with Gasteiger partial charge >= 0.3 is 5.97 Å². The summed E-state index contributed by atoms with van der Waals surface area (Å²) in [6.07, 6.45) is -1.82. The Balaban J connectivity index is 2.54. The van der Waals surface area contributed by atoms with Gasteiger partial charge < -0.3 is 14.7 Å². The SMILES string of the molecule is CC[C@H](O)C(=O)O[C@@H](C)C(=O)N(C)Cc1ccccc1. The third-order valence-electron chi connectivity index (χ3n) is 2.94. The van der Waals surface area contributed by atoms with Crippen molar-refractivity contribution < 1.29 is 19.4 Å². The number of amides is 1. The first-order valence-corrected chi connectivity index (χ1v) is 6.63. The van der Waals surface area contributed by atoms with E-state index in [1.807, 2.05) is 30.3 Å². The fourth-order valence-corrected chi connectivity index (χ4v) is 1.72. The molecular weight excluding hydrogens is 258 g/mol. The van der Waals surface area contributed by atoms with Crippen LogP contribution in [0.1, 0.15) is 25.8 Å². The third-order valence-corrected chi connectivity index (χ3v) is 2.94. The minimum absolute atomic E-state index is 0.263. The highest BCUT2D eigenvalue weighted by atomic mass is 16.6. The van der Waals surface area contributed by atoms with Crippen molar-refractivity contribution in [1.29, 1.82) is 0 Å². The van der Waals surface area contributed by atoms with E-state index in [4.69, 9.17) is 4.74 Å². The highest BCUT2D eigenvalue weighted by Crippen LogP contribution is 2.07. The second-order valence-electron chi connectivity index (χ2n) is 4.68. The van der Waals surface area contributed by atoms with Crippen LogP contribution in [0.4, 0.5) is 0 Å². The quantitative estimate of drug-likeness (QED) is 0.798. The van der Waals surface area contributed by atoms with Gasteiger partial charge in [0.25, 0.3) is 5.91 Å². The van der Waals surface area contributed by atoms with Crippen LogP contribution in [0.5, 0.6) is 0 Å². The summed E-state index contributed by atoms with van der Waals surface area (Å²) in [5, 5.41) is 9.33. The van der Waals surface area contributed by atoms with E-state index in [1.165, 1.54) is 11.8 Å². The molecule has 1 amide bonds. The van der Waals surface area contributed by atoms with Crippen molar-refractivity contribution >= 4 is 11.9 Å².